The standard InChI is InChI=1S/C14H15Cl2N3O3S/c1-3-18(4-2)12-9-17-19(14(20)13(12)16)23(21,22)11-7-5-10(15)6-8-11/h5-9H,3-4H2,1-2H3. The van der Waals surface area contributed by atoms with Crippen LogP contribution in [0.4, 0.5) is 5.69 Å². The van der Waals surface area contributed by atoms with Crippen LogP contribution >= 0.6 is 23.2 Å². The van der Waals surface area contributed by atoms with Gasteiger partial charge in [-0.3, -0.25) is 4.79 Å². The smallest absolute Gasteiger partial charge is 0.302 e. The number of halogens is 2. The second kappa shape index (κ2) is 6.90. The first-order valence-corrected chi connectivity index (χ1v) is 9.06. The second-order valence-electron chi connectivity index (χ2n) is 4.62. The Labute approximate surface area is 144 Å². The lowest BCUT2D eigenvalue weighted by Gasteiger charge is -2.21. The van der Waals surface area contributed by atoms with Crippen LogP contribution in [0.15, 0.2) is 40.2 Å². The van der Waals surface area contributed by atoms with Crippen LogP contribution in [0.2, 0.25) is 10.0 Å². The predicted octanol–water partition coefficient (Wildman–Crippen LogP) is 2.63. The van der Waals surface area contributed by atoms with Crippen LogP contribution in [0.25, 0.3) is 0 Å². The van der Waals surface area contributed by atoms with Gasteiger partial charge >= 0.3 is 5.56 Å². The van der Waals surface area contributed by atoms with Gasteiger partial charge in [-0.25, -0.2) is 0 Å². The van der Waals surface area contributed by atoms with Gasteiger partial charge in [0.15, 0.2) is 0 Å². The molecule has 1 aromatic heterocycles. The van der Waals surface area contributed by atoms with Crippen LogP contribution in [0.3, 0.4) is 0 Å². The normalized spacial score (nSPS) is 11.5. The Morgan fingerprint density at radius 3 is 2.22 bits per heavy atom. The van der Waals surface area contributed by atoms with Crippen molar-refractivity contribution in [1.82, 2.24) is 9.19 Å². The maximum atomic E-state index is 12.5. The highest BCUT2D eigenvalue weighted by molar-refractivity contribution is 7.89. The topological polar surface area (TPSA) is 72.3 Å². The molecule has 0 fully saturated rings. The maximum absolute atomic E-state index is 12.5. The number of hydrogen-bond acceptors (Lipinski definition) is 5. The van der Waals surface area contributed by atoms with Gasteiger partial charge in [0.1, 0.15) is 5.02 Å². The van der Waals surface area contributed by atoms with Crippen LogP contribution in [-0.4, -0.2) is 30.7 Å². The molecule has 0 aliphatic carbocycles. The Morgan fingerprint density at radius 1 is 1.13 bits per heavy atom. The first-order valence-electron chi connectivity index (χ1n) is 6.86. The minimum Gasteiger partial charge on any atom is -0.369 e. The molecule has 0 unspecified atom stereocenters. The molecule has 0 aliphatic heterocycles. The van der Waals surface area contributed by atoms with Gasteiger partial charge in [0.2, 0.25) is 0 Å². The van der Waals surface area contributed by atoms with Crippen molar-refractivity contribution in [2.75, 3.05) is 18.0 Å². The Bertz CT molecular complexity index is 860. The molecule has 0 radical (unpaired) electrons. The Hall–Kier alpha value is -1.57. The van der Waals surface area contributed by atoms with Crippen molar-refractivity contribution in [2.24, 2.45) is 0 Å². The molecule has 0 atom stereocenters. The van der Waals surface area contributed by atoms with E-state index in [0.29, 0.717) is 27.9 Å². The minimum absolute atomic E-state index is 0.0943. The summed E-state index contributed by atoms with van der Waals surface area (Å²) in [7, 11) is -4.13. The largest absolute Gasteiger partial charge is 0.369 e. The van der Waals surface area contributed by atoms with Crippen molar-refractivity contribution in [3.8, 4) is 0 Å². The summed E-state index contributed by atoms with van der Waals surface area (Å²) in [4.78, 5) is 14.1. The third-order valence-corrected chi connectivity index (χ3v) is 5.51. The van der Waals surface area contributed by atoms with Crippen molar-refractivity contribution in [3.63, 3.8) is 0 Å². The summed E-state index contributed by atoms with van der Waals surface area (Å²) in [6.07, 6.45) is 1.28. The molecule has 0 saturated heterocycles. The molecule has 2 aromatic rings. The molecule has 0 spiro atoms. The van der Waals surface area contributed by atoms with E-state index < -0.39 is 15.6 Å². The molecule has 9 heteroatoms. The fourth-order valence-electron chi connectivity index (χ4n) is 2.07. The third kappa shape index (κ3) is 3.36. The summed E-state index contributed by atoms with van der Waals surface area (Å²) in [5, 5.41) is 3.99. The van der Waals surface area contributed by atoms with E-state index in [4.69, 9.17) is 23.2 Å². The number of nitrogens with zero attached hydrogens (tertiary/aromatic N) is 3. The number of aromatic nitrogens is 2. The highest BCUT2D eigenvalue weighted by atomic mass is 35.5. The Kier molecular flexibility index (Phi) is 5.33. The molecule has 6 nitrogen and oxygen atoms in total. The van der Waals surface area contributed by atoms with E-state index in [1.165, 1.54) is 30.5 Å². The lowest BCUT2D eigenvalue weighted by Crippen LogP contribution is -2.33. The van der Waals surface area contributed by atoms with E-state index in [2.05, 4.69) is 5.10 Å². The van der Waals surface area contributed by atoms with Crippen LogP contribution in [0, 0.1) is 0 Å². The summed E-state index contributed by atoms with van der Waals surface area (Å²) in [6.45, 7) is 5.03. The molecule has 1 heterocycles. The second-order valence-corrected chi connectivity index (χ2v) is 7.20. The van der Waals surface area contributed by atoms with Crippen molar-refractivity contribution >= 4 is 38.9 Å². The van der Waals surface area contributed by atoms with Gasteiger partial charge in [-0.05, 0) is 38.1 Å². The van der Waals surface area contributed by atoms with Gasteiger partial charge < -0.3 is 4.90 Å². The molecule has 0 aliphatic rings. The zero-order valence-corrected chi connectivity index (χ0v) is 14.9. The highest BCUT2D eigenvalue weighted by Crippen LogP contribution is 2.22. The summed E-state index contributed by atoms with van der Waals surface area (Å²) >= 11 is 11.8. The molecule has 0 amide bonds. The molecule has 1 aromatic carbocycles. The fraction of sp³-hybridized carbons (Fsp3) is 0.286. The molecular formula is C14H15Cl2N3O3S. The third-order valence-electron chi connectivity index (χ3n) is 3.31. The average Bonchev–Trinajstić information content (AvgIpc) is 2.52. The first kappa shape index (κ1) is 17.8. The van der Waals surface area contributed by atoms with Gasteiger partial charge in [0.25, 0.3) is 10.0 Å². The quantitative estimate of drug-likeness (QED) is 0.802. The number of rotatable bonds is 5. The van der Waals surface area contributed by atoms with Gasteiger partial charge in [0.05, 0.1) is 16.8 Å². The van der Waals surface area contributed by atoms with E-state index in [1.807, 2.05) is 18.7 Å². The monoisotopic (exact) mass is 375 g/mol. The molecule has 124 valence electrons. The van der Waals surface area contributed by atoms with E-state index in [-0.39, 0.29) is 9.92 Å². The number of benzene rings is 1. The van der Waals surface area contributed by atoms with Crippen LogP contribution in [-0.2, 0) is 10.0 Å². The minimum atomic E-state index is -4.13. The Morgan fingerprint density at radius 2 is 1.70 bits per heavy atom. The molecular weight excluding hydrogens is 361 g/mol. The number of anilines is 1. The van der Waals surface area contributed by atoms with Crippen molar-refractivity contribution in [1.29, 1.82) is 0 Å². The van der Waals surface area contributed by atoms with E-state index >= 15 is 0 Å². The average molecular weight is 376 g/mol. The first-order chi connectivity index (χ1) is 10.8. The van der Waals surface area contributed by atoms with Gasteiger partial charge in [-0.15, -0.1) is 4.09 Å². The number of hydrogen-bond donors (Lipinski definition) is 0. The van der Waals surface area contributed by atoms with Gasteiger partial charge in [-0.2, -0.15) is 13.5 Å². The zero-order valence-electron chi connectivity index (χ0n) is 12.5. The highest BCUT2D eigenvalue weighted by Gasteiger charge is 2.23. The molecule has 0 saturated carbocycles. The van der Waals surface area contributed by atoms with Crippen molar-refractivity contribution in [3.05, 3.63) is 50.9 Å². The van der Waals surface area contributed by atoms with Gasteiger partial charge in [-0.1, -0.05) is 23.2 Å². The molecule has 23 heavy (non-hydrogen) atoms. The van der Waals surface area contributed by atoms with E-state index in [9.17, 15) is 13.2 Å². The Balaban J connectivity index is 2.59. The van der Waals surface area contributed by atoms with E-state index in [1.54, 1.807) is 0 Å². The van der Waals surface area contributed by atoms with Crippen LogP contribution < -0.4 is 10.5 Å². The van der Waals surface area contributed by atoms with Crippen LogP contribution in [0.5, 0.6) is 0 Å². The SMILES string of the molecule is CCN(CC)c1cnn(S(=O)(=O)c2ccc(Cl)cc2)c(=O)c1Cl. The van der Waals surface area contributed by atoms with Crippen molar-refractivity contribution in [2.45, 2.75) is 18.7 Å². The summed E-state index contributed by atoms with van der Waals surface area (Å²) in [5.41, 5.74) is -0.477. The van der Waals surface area contributed by atoms with E-state index in [0.717, 1.165) is 0 Å². The zero-order chi connectivity index (χ0) is 17.2. The summed E-state index contributed by atoms with van der Waals surface area (Å²) in [6, 6.07) is 5.45. The lowest BCUT2D eigenvalue weighted by molar-refractivity contribution is 0.575. The summed E-state index contributed by atoms with van der Waals surface area (Å²) in [5.74, 6) is 0. The van der Waals surface area contributed by atoms with Crippen LogP contribution in [0.1, 0.15) is 13.8 Å². The van der Waals surface area contributed by atoms with Gasteiger partial charge in [0, 0.05) is 18.1 Å². The summed E-state index contributed by atoms with van der Waals surface area (Å²) < 4.78 is 25.4. The fourth-order valence-corrected chi connectivity index (χ4v) is 3.66. The predicted molar refractivity (Wildman–Crippen MR) is 91.1 cm³/mol. The van der Waals surface area contributed by atoms with Crippen molar-refractivity contribution < 1.29 is 8.42 Å². The lowest BCUT2D eigenvalue weighted by atomic mass is 10.4. The maximum Gasteiger partial charge on any atom is 0.302 e. The molecule has 2 rings (SSSR count). The molecule has 0 bridgehead atoms. The molecule has 0 N–H and O–H groups in total.